The van der Waals surface area contributed by atoms with Gasteiger partial charge in [0, 0.05) is 9.92 Å². The minimum Gasteiger partial charge on any atom is -0.489 e. The van der Waals surface area contributed by atoms with Crippen LogP contribution in [0.5, 0.6) is 5.75 Å². The number of aliphatic hydroxyl groups is 1. The van der Waals surface area contributed by atoms with Crippen LogP contribution in [0.15, 0.2) is 77.7 Å². The standard InChI is InChI=1S/C22H18ClNO3S/c23-16-8-11-18-19(12-16)28-21(20(25)22(26)24-18)15-6-9-17(10-7-15)27-13-14-4-2-1-3-5-14/h1-12,20-21,25H,13H2,(H,24,26)/t20-,21-/m0/s1. The molecule has 4 rings (SSSR count). The lowest BCUT2D eigenvalue weighted by atomic mass is 10.1. The number of ether oxygens (including phenoxy) is 1. The fourth-order valence-electron chi connectivity index (χ4n) is 2.99. The lowest BCUT2D eigenvalue weighted by Crippen LogP contribution is -2.30. The molecule has 28 heavy (non-hydrogen) atoms. The number of rotatable bonds is 4. The molecule has 0 saturated heterocycles. The van der Waals surface area contributed by atoms with Crippen molar-refractivity contribution in [3.8, 4) is 5.75 Å². The molecule has 3 aromatic carbocycles. The van der Waals surface area contributed by atoms with E-state index in [0.717, 1.165) is 21.8 Å². The van der Waals surface area contributed by atoms with Crippen molar-refractivity contribution >= 4 is 35.0 Å². The van der Waals surface area contributed by atoms with Crippen LogP contribution in [0.25, 0.3) is 0 Å². The van der Waals surface area contributed by atoms with Gasteiger partial charge in [-0.3, -0.25) is 4.79 Å². The van der Waals surface area contributed by atoms with Crippen LogP contribution in [-0.4, -0.2) is 17.1 Å². The lowest BCUT2D eigenvalue weighted by molar-refractivity contribution is -0.124. The van der Waals surface area contributed by atoms with Crippen LogP contribution in [0.1, 0.15) is 16.4 Å². The maximum absolute atomic E-state index is 12.3. The average Bonchev–Trinajstić information content (AvgIpc) is 2.84. The molecule has 6 heteroatoms. The molecular formula is C22H18ClNO3S. The minimum atomic E-state index is -1.17. The van der Waals surface area contributed by atoms with E-state index < -0.39 is 17.3 Å². The molecular weight excluding hydrogens is 394 g/mol. The zero-order valence-electron chi connectivity index (χ0n) is 14.8. The summed E-state index contributed by atoms with van der Waals surface area (Å²) in [6, 6.07) is 22.7. The summed E-state index contributed by atoms with van der Waals surface area (Å²) >= 11 is 7.51. The van der Waals surface area contributed by atoms with Crippen molar-refractivity contribution in [3.63, 3.8) is 0 Å². The number of thioether (sulfide) groups is 1. The Morgan fingerprint density at radius 3 is 2.54 bits per heavy atom. The fourth-order valence-corrected chi connectivity index (χ4v) is 4.48. The Bertz CT molecular complexity index is 979. The first kappa shape index (κ1) is 18.9. The maximum Gasteiger partial charge on any atom is 0.254 e. The molecule has 142 valence electrons. The van der Waals surface area contributed by atoms with Gasteiger partial charge in [-0.05, 0) is 41.5 Å². The number of halogens is 1. The van der Waals surface area contributed by atoms with Gasteiger partial charge in [0.05, 0.1) is 10.9 Å². The maximum atomic E-state index is 12.3. The minimum absolute atomic E-state index is 0.428. The molecule has 1 heterocycles. The molecule has 0 saturated carbocycles. The van der Waals surface area contributed by atoms with Crippen molar-refractivity contribution in [1.82, 2.24) is 0 Å². The number of carbonyl (C=O) groups excluding carboxylic acids is 1. The van der Waals surface area contributed by atoms with E-state index in [0.29, 0.717) is 17.3 Å². The SMILES string of the molecule is O=C1Nc2ccc(Cl)cc2S[C@@H](c2ccc(OCc3ccccc3)cc2)[C@@H]1O. The Balaban J connectivity index is 1.53. The second-order valence-electron chi connectivity index (χ2n) is 6.46. The molecule has 2 N–H and O–H groups in total. The summed E-state index contributed by atoms with van der Waals surface area (Å²) in [4.78, 5) is 13.2. The molecule has 3 aromatic rings. The van der Waals surface area contributed by atoms with E-state index in [1.54, 1.807) is 18.2 Å². The Morgan fingerprint density at radius 1 is 1.04 bits per heavy atom. The van der Waals surface area contributed by atoms with Gasteiger partial charge < -0.3 is 15.2 Å². The van der Waals surface area contributed by atoms with Gasteiger partial charge >= 0.3 is 0 Å². The molecule has 4 nitrogen and oxygen atoms in total. The van der Waals surface area contributed by atoms with Gasteiger partial charge in [0.15, 0.2) is 0 Å². The molecule has 0 bridgehead atoms. The number of anilines is 1. The van der Waals surface area contributed by atoms with E-state index in [9.17, 15) is 9.90 Å². The van der Waals surface area contributed by atoms with Gasteiger partial charge in [-0.1, -0.05) is 54.1 Å². The number of fused-ring (bicyclic) bond motifs is 1. The zero-order chi connectivity index (χ0) is 19.5. The third kappa shape index (κ3) is 4.17. The predicted molar refractivity (Wildman–Crippen MR) is 112 cm³/mol. The topological polar surface area (TPSA) is 58.6 Å². The van der Waals surface area contributed by atoms with Crippen LogP contribution >= 0.6 is 23.4 Å². The van der Waals surface area contributed by atoms with E-state index in [1.165, 1.54) is 11.8 Å². The normalized spacial score (nSPS) is 18.7. The highest BCUT2D eigenvalue weighted by Gasteiger charge is 2.32. The van der Waals surface area contributed by atoms with Gasteiger partial charge in [0.1, 0.15) is 18.5 Å². The predicted octanol–water partition coefficient (Wildman–Crippen LogP) is 5.07. The second kappa shape index (κ2) is 8.27. The largest absolute Gasteiger partial charge is 0.489 e. The van der Waals surface area contributed by atoms with Crippen LogP contribution in [0.2, 0.25) is 5.02 Å². The Hall–Kier alpha value is -2.47. The number of carbonyl (C=O) groups is 1. The molecule has 0 radical (unpaired) electrons. The number of hydrogen-bond acceptors (Lipinski definition) is 4. The second-order valence-corrected chi connectivity index (χ2v) is 8.08. The van der Waals surface area contributed by atoms with Crippen LogP contribution in [0.4, 0.5) is 5.69 Å². The van der Waals surface area contributed by atoms with Gasteiger partial charge in [0.25, 0.3) is 5.91 Å². The molecule has 1 aliphatic heterocycles. The highest BCUT2D eigenvalue weighted by molar-refractivity contribution is 7.99. The summed E-state index contributed by atoms with van der Waals surface area (Å²) in [5.74, 6) is 0.302. The van der Waals surface area contributed by atoms with E-state index in [-0.39, 0.29) is 0 Å². The summed E-state index contributed by atoms with van der Waals surface area (Å²) < 4.78 is 5.81. The molecule has 0 spiro atoms. The first-order valence-corrected chi connectivity index (χ1v) is 10.1. The molecule has 0 aliphatic carbocycles. The number of amides is 1. The summed E-state index contributed by atoms with van der Waals surface area (Å²) in [7, 11) is 0. The van der Waals surface area contributed by atoms with Crippen molar-refractivity contribution in [2.45, 2.75) is 22.9 Å². The van der Waals surface area contributed by atoms with Crippen LogP contribution in [-0.2, 0) is 11.4 Å². The summed E-state index contributed by atoms with van der Waals surface area (Å²) in [5, 5.41) is 13.4. The van der Waals surface area contributed by atoms with Crippen LogP contribution in [0.3, 0.4) is 0 Å². The van der Waals surface area contributed by atoms with E-state index in [2.05, 4.69) is 5.32 Å². The zero-order valence-corrected chi connectivity index (χ0v) is 16.4. The summed E-state index contributed by atoms with van der Waals surface area (Å²) in [6.45, 7) is 0.481. The molecule has 2 atom stereocenters. The Kier molecular flexibility index (Phi) is 5.57. The third-order valence-corrected chi connectivity index (χ3v) is 6.08. The smallest absolute Gasteiger partial charge is 0.254 e. The third-order valence-electron chi connectivity index (χ3n) is 4.47. The van der Waals surface area contributed by atoms with Gasteiger partial charge in [0.2, 0.25) is 0 Å². The van der Waals surface area contributed by atoms with Crippen LogP contribution < -0.4 is 10.1 Å². The number of aliphatic hydroxyl groups excluding tert-OH is 1. The molecule has 1 aliphatic rings. The summed E-state index contributed by atoms with van der Waals surface area (Å²) in [5.41, 5.74) is 2.59. The lowest BCUT2D eigenvalue weighted by Gasteiger charge is -2.19. The van der Waals surface area contributed by atoms with Gasteiger partial charge in [-0.2, -0.15) is 0 Å². The highest BCUT2D eigenvalue weighted by atomic mass is 35.5. The monoisotopic (exact) mass is 411 g/mol. The number of benzene rings is 3. The molecule has 0 fully saturated rings. The van der Waals surface area contributed by atoms with E-state index in [1.807, 2.05) is 54.6 Å². The van der Waals surface area contributed by atoms with Crippen LogP contribution in [0, 0.1) is 0 Å². The van der Waals surface area contributed by atoms with Crippen molar-refractivity contribution < 1.29 is 14.6 Å². The van der Waals surface area contributed by atoms with Crippen molar-refractivity contribution in [3.05, 3.63) is 88.9 Å². The molecule has 0 aromatic heterocycles. The quantitative estimate of drug-likeness (QED) is 0.629. The van der Waals surface area contributed by atoms with Crippen molar-refractivity contribution in [1.29, 1.82) is 0 Å². The van der Waals surface area contributed by atoms with E-state index >= 15 is 0 Å². The molecule has 0 unspecified atom stereocenters. The Labute approximate surface area is 172 Å². The highest BCUT2D eigenvalue weighted by Crippen LogP contribution is 2.44. The fraction of sp³-hybridized carbons (Fsp3) is 0.136. The first-order valence-electron chi connectivity index (χ1n) is 8.82. The van der Waals surface area contributed by atoms with E-state index in [4.69, 9.17) is 16.3 Å². The first-order chi connectivity index (χ1) is 13.6. The number of hydrogen-bond donors (Lipinski definition) is 2. The van der Waals surface area contributed by atoms with Crippen molar-refractivity contribution in [2.75, 3.05) is 5.32 Å². The number of nitrogens with one attached hydrogen (secondary N) is 1. The average molecular weight is 412 g/mol. The Morgan fingerprint density at radius 2 is 1.79 bits per heavy atom. The molecule has 1 amide bonds. The van der Waals surface area contributed by atoms with Crippen molar-refractivity contribution in [2.24, 2.45) is 0 Å². The summed E-state index contributed by atoms with van der Waals surface area (Å²) in [6.07, 6.45) is -1.17. The van der Waals surface area contributed by atoms with Gasteiger partial charge in [-0.15, -0.1) is 11.8 Å². The van der Waals surface area contributed by atoms with Gasteiger partial charge in [-0.25, -0.2) is 0 Å².